The highest BCUT2D eigenvalue weighted by Crippen LogP contribution is 2.19. The van der Waals surface area contributed by atoms with E-state index in [4.69, 9.17) is 4.74 Å². The van der Waals surface area contributed by atoms with Crippen molar-refractivity contribution in [2.75, 3.05) is 26.3 Å². The molecule has 7 heteroatoms. The Hall–Kier alpha value is -2.80. The predicted octanol–water partition coefficient (Wildman–Crippen LogP) is 1.68. The molecule has 1 amide bonds. The van der Waals surface area contributed by atoms with Gasteiger partial charge in [0.2, 0.25) is 0 Å². The SMILES string of the molecule is O=C(c1ccncn1)N1CCOC[C@H](Cc2ccc3[nH]ncc3c2)C1. The van der Waals surface area contributed by atoms with Gasteiger partial charge >= 0.3 is 0 Å². The van der Waals surface area contributed by atoms with Crippen molar-refractivity contribution in [3.05, 3.63) is 54.2 Å². The van der Waals surface area contributed by atoms with Gasteiger partial charge in [-0.1, -0.05) is 6.07 Å². The number of hydrogen-bond donors (Lipinski definition) is 1. The number of H-pyrrole nitrogens is 1. The third-order valence-electron chi connectivity index (χ3n) is 4.45. The van der Waals surface area contributed by atoms with Crippen LogP contribution < -0.4 is 0 Å². The van der Waals surface area contributed by atoms with E-state index in [1.165, 1.54) is 11.9 Å². The summed E-state index contributed by atoms with van der Waals surface area (Å²) in [6.45, 7) is 2.44. The fraction of sp³-hybridized carbons (Fsp3) is 0.333. The molecule has 0 saturated carbocycles. The van der Waals surface area contributed by atoms with Crippen molar-refractivity contribution in [3.8, 4) is 0 Å². The van der Waals surface area contributed by atoms with Crippen molar-refractivity contribution in [1.82, 2.24) is 25.1 Å². The molecule has 0 unspecified atom stereocenters. The molecule has 1 atom stereocenters. The van der Waals surface area contributed by atoms with Gasteiger partial charge in [-0.25, -0.2) is 9.97 Å². The molecule has 1 aliphatic rings. The molecule has 128 valence electrons. The number of nitrogens with one attached hydrogen (secondary N) is 1. The molecule has 1 saturated heterocycles. The maximum atomic E-state index is 12.7. The fourth-order valence-electron chi connectivity index (χ4n) is 3.22. The van der Waals surface area contributed by atoms with Crippen LogP contribution in [0.4, 0.5) is 0 Å². The second kappa shape index (κ2) is 6.98. The summed E-state index contributed by atoms with van der Waals surface area (Å²) in [6, 6.07) is 7.93. The molecule has 3 heterocycles. The van der Waals surface area contributed by atoms with Gasteiger partial charge < -0.3 is 9.64 Å². The van der Waals surface area contributed by atoms with E-state index in [-0.39, 0.29) is 11.8 Å². The topological polar surface area (TPSA) is 84.0 Å². The number of aromatic nitrogens is 4. The van der Waals surface area contributed by atoms with Gasteiger partial charge in [-0.05, 0) is 30.2 Å². The van der Waals surface area contributed by atoms with Crippen LogP contribution in [0.15, 0.2) is 43.0 Å². The zero-order valence-electron chi connectivity index (χ0n) is 13.8. The molecular formula is C18H19N5O2. The van der Waals surface area contributed by atoms with Crippen LogP contribution in [-0.4, -0.2) is 57.3 Å². The minimum atomic E-state index is -0.0665. The smallest absolute Gasteiger partial charge is 0.272 e. The molecule has 1 fully saturated rings. The lowest BCUT2D eigenvalue weighted by molar-refractivity contribution is 0.0731. The lowest BCUT2D eigenvalue weighted by Gasteiger charge is -2.23. The Balaban J connectivity index is 1.48. The second-order valence-electron chi connectivity index (χ2n) is 6.28. The number of amides is 1. The lowest BCUT2D eigenvalue weighted by Crippen LogP contribution is -2.36. The molecule has 3 aromatic rings. The summed E-state index contributed by atoms with van der Waals surface area (Å²) in [5, 5.41) is 8.12. The van der Waals surface area contributed by atoms with Crippen LogP contribution in [0.5, 0.6) is 0 Å². The van der Waals surface area contributed by atoms with Crippen LogP contribution in [0.1, 0.15) is 16.1 Å². The van der Waals surface area contributed by atoms with Gasteiger partial charge in [-0.3, -0.25) is 9.89 Å². The average molecular weight is 337 g/mol. The number of fused-ring (bicyclic) bond motifs is 1. The summed E-state index contributed by atoms with van der Waals surface area (Å²) in [7, 11) is 0. The first kappa shape index (κ1) is 15.7. The molecule has 0 bridgehead atoms. The van der Waals surface area contributed by atoms with Crippen molar-refractivity contribution in [2.24, 2.45) is 5.92 Å². The van der Waals surface area contributed by atoms with Crippen molar-refractivity contribution < 1.29 is 9.53 Å². The molecule has 1 aliphatic heterocycles. The Morgan fingerprint density at radius 1 is 1.36 bits per heavy atom. The van der Waals surface area contributed by atoms with Crippen molar-refractivity contribution in [2.45, 2.75) is 6.42 Å². The Bertz CT molecular complexity index is 864. The molecule has 0 radical (unpaired) electrons. The summed E-state index contributed by atoms with van der Waals surface area (Å²) in [4.78, 5) is 22.4. The van der Waals surface area contributed by atoms with Crippen LogP contribution in [0.25, 0.3) is 10.9 Å². The number of nitrogens with zero attached hydrogens (tertiary/aromatic N) is 4. The first-order valence-corrected chi connectivity index (χ1v) is 8.34. The number of rotatable bonds is 3. The molecule has 1 N–H and O–H groups in total. The van der Waals surface area contributed by atoms with Crippen LogP contribution in [0.2, 0.25) is 0 Å². The molecule has 0 spiro atoms. The quantitative estimate of drug-likeness (QED) is 0.786. The highest BCUT2D eigenvalue weighted by molar-refractivity contribution is 5.92. The Labute approximate surface area is 145 Å². The molecule has 2 aromatic heterocycles. The van der Waals surface area contributed by atoms with E-state index < -0.39 is 0 Å². The zero-order valence-corrected chi connectivity index (χ0v) is 13.8. The van der Waals surface area contributed by atoms with E-state index in [1.54, 1.807) is 12.3 Å². The summed E-state index contributed by atoms with van der Waals surface area (Å²) < 4.78 is 5.72. The van der Waals surface area contributed by atoms with E-state index in [0.717, 1.165) is 17.3 Å². The van der Waals surface area contributed by atoms with Crippen LogP contribution in [-0.2, 0) is 11.2 Å². The Morgan fingerprint density at radius 2 is 2.32 bits per heavy atom. The van der Waals surface area contributed by atoms with Gasteiger partial charge in [0, 0.05) is 30.6 Å². The van der Waals surface area contributed by atoms with E-state index in [9.17, 15) is 4.79 Å². The Morgan fingerprint density at radius 3 is 3.20 bits per heavy atom. The minimum absolute atomic E-state index is 0.0665. The standard InChI is InChI=1S/C18H19N5O2/c24-18(17-3-4-19-12-20-17)23-5-6-25-11-14(10-23)7-13-1-2-16-15(8-13)9-21-22-16/h1-4,8-9,12,14H,5-7,10-11H2,(H,21,22)/t14-/m1/s1. The average Bonchev–Trinajstić information content (AvgIpc) is 2.99. The third-order valence-corrected chi connectivity index (χ3v) is 4.45. The highest BCUT2D eigenvalue weighted by Gasteiger charge is 2.24. The molecule has 7 nitrogen and oxygen atoms in total. The highest BCUT2D eigenvalue weighted by atomic mass is 16.5. The van der Waals surface area contributed by atoms with E-state index >= 15 is 0 Å². The molecule has 1 aromatic carbocycles. The van der Waals surface area contributed by atoms with Crippen LogP contribution >= 0.6 is 0 Å². The van der Waals surface area contributed by atoms with Gasteiger partial charge in [0.05, 0.1) is 24.9 Å². The zero-order chi connectivity index (χ0) is 17.1. The number of benzene rings is 1. The van der Waals surface area contributed by atoms with E-state index in [0.29, 0.717) is 32.0 Å². The first-order chi connectivity index (χ1) is 12.3. The third kappa shape index (κ3) is 3.51. The first-order valence-electron chi connectivity index (χ1n) is 8.34. The van der Waals surface area contributed by atoms with E-state index in [2.05, 4.69) is 32.3 Å². The van der Waals surface area contributed by atoms with Crippen LogP contribution in [0, 0.1) is 5.92 Å². The number of hydrogen-bond acceptors (Lipinski definition) is 5. The largest absolute Gasteiger partial charge is 0.379 e. The van der Waals surface area contributed by atoms with Crippen molar-refractivity contribution in [1.29, 1.82) is 0 Å². The van der Waals surface area contributed by atoms with Gasteiger partial charge in [0.15, 0.2) is 0 Å². The predicted molar refractivity (Wildman–Crippen MR) is 92.0 cm³/mol. The summed E-state index contributed by atoms with van der Waals surface area (Å²) in [5.74, 6) is 0.181. The van der Waals surface area contributed by atoms with Gasteiger partial charge in [0.1, 0.15) is 12.0 Å². The molecular weight excluding hydrogens is 318 g/mol. The molecule has 25 heavy (non-hydrogen) atoms. The normalized spacial score (nSPS) is 18.2. The number of carbonyl (C=O) groups is 1. The van der Waals surface area contributed by atoms with Gasteiger partial charge in [0.25, 0.3) is 5.91 Å². The van der Waals surface area contributed by atoms with Crippen molar-refractivity contribution >= 4 is 16.8 Å². The minimum Gasteiger partial charge on any atom is -0.379 e. The lowest BCUT2D eigenvalue weighted by atomic mass is 9.98. The van der Waals surface area contributed by atoms with Crippen molar-refractivity contribution in [3.63, 3.8) is 0 Å². The Kier molecular flexibility index (Phi) is 4.39. The van der Waals surface area contributed by atoms with Crippen LogP contribution in [0.3, 0.4) is 0 Å². The maximum Gasteiger partial charge on any atom is 0.272 e. The monoisotopic (exact) mass is 337 g/mol. The molecule has 4 rings (SSSR count). The number of aromatic amines is 1. The maximum absolute atomic E-state index is 12.7. The summed E-state index contributed by atoms with van der Waals surface area (Å²) >= 11 is 0. The number of carbonyl (C=O) groups excluding carboxylic acids is 1. The number of ether oxygens (including phenoxy) is 1. The van der Waals surface area contributed by atoms with Gasteiger partial charge in [-0.15, -0.1) is 0 Å². The summed E-state index contributed by atoms with van der Waals surface area (Å²) in [6.07, 6.45) is 5.67. The fourth-order valence-corrected chi connectivity index (χ4v) is 3.22. The molecule has 0 aliphatic carbocycles. The summed E-state index contributed by atoms with van der Waals surface area (Å²) in [5.41, 5.74) is 2.68. The van der Waals surface area contributed by atoms with Gasteiger partial charge in [-0.2, -0.15) is 5.10 Å². The van der Waals surface area contributed by atoms with E-state index in [1.807, 2.05) is 17.2 Å². The second-order valence-corrected chi connectivity index (χ2v) is 6.28.